The van der Waals surface area contributed by atoms with Crippen LogP contribution in [0.1, 0.15) is 44.1 Å². The number of rotatable bonds is 1. The van der Waals surface area contributed by atoms with Gasteiger partial charge in [-0.2, -0.15) is 0 Å². The Kier molecular flexibility index (Phi) is 3.88. The maximum atomic E-state index is 12.9. The first kappa shape index (κ1) is 15.6. The Morgan fingerprint density at radius 1 is 1.09 bits per heavy atom. The summed E-state index contributed by atoms with van der Waals surface area (Å²) in [5.41, 5.74) is -0.210. The predicted molar refractivity (Wildman–Crippen MR) is 88.7 cm³/mol. The SMILES string of the molecule is CC(C)(C)OC(=O)n1cc2ccccc2c1C(=O)N1CCCC1. The van der Waals surface area contributed by atoms with E-state index in [0.29, 0.717) is 5.69 Å². The number of likely N-dealkylation sites (tertiary alicyclic amines) is 1. The molecule has 122 valence electrons. The van der Waals surface area contributed by atoms with Gasteiger partial charge >= 0.3 is 6.09 Å². The molecular formula is C18H22N2O3. The first-order valence-corrected chi connectivity index (χ1v) is 7.99. The van der Waals surface area contributed by atoms with E-state index in [-0.39, 0.29) is 5.91 Å². The number of hydrogen-bond acceptors (Lipinski definition) is 3. The summed E-state index contributed by atoms with van der Waals surface area (Å²) in [5, 5.41) is 1.65. The van der Waals surface area contributed by atoms with Crippen LogP contribution in [0.25, 0.3) is 10.8 Å². The lowest BCUT2D eigenvalue weighted by Crippen LogP contribution is -2.33. The number of ether oxygens (including phenoxy) is 1. The molecule has 23 heavy (non-hydrogen) atoms. The molecular weight excluding hydrogens is 292 g/mol. The third-order valence-electron chi connectivity index (χ3n) is 3.91. The number of carbonyl (C=O) groups is 2. The molecule has 0 spiro atoms. The highest BCUT2D eigenvalue weighted by atomic mass is 16.6. The summed E-state index contributed by atoms with van der Waals surface area (Å²) in [6.45, 7) is 6.93. The van der Waals surface area contributed by atoms with E-state index in [1.54, 1.807) is 6.20 Å². The van der Waals surface area contributed by atoms with Gasteiger partial charge in [-0.15, -0.1) is 0 Å². The molecule has 0 aliphatic carbocycles. The Hall–Kier alpha value is -2.30. The number of aromatic nitrogens is 1. The average Bonchev–Trinajstić information content (AvgIpc) is 3.12. The highest BCUT2D eigenvalue weighted by Crippen LogP contribution is 2.25. The summed E-state index contributed by atoms with van der Waals surface area (Å²) < 4.78 is 6.82. The largest absolute Gasteiger partial charge is 0.443 e. The number of amides is 1. The van der Waals surface area contributed by atoms with Crippen molar-refractivity contribution in [2.75, 3.05) is 13.1 Å². The fourth-order valence-corrected chi connectivity index (χ4v) is 2.90. The van der Waals surface area contributed by atoms with Gasteiger partial charge in [0.1, 0.15) is 11.3 Å². The fourth-order valence-electron chi connectivity index (χ4n) is 2.90. The molecule has 5 heteroatoms. The number of benzene rings is 1. The molecule has 2 heterocycles. The number of nitrogens with zero attached hydrogens (tertiary/aromatic N) is 2. The smallest absolute Gasteiger partial charge is 0.419 e. The van der Waals surface area contributed by atoms with E-state index in [0.717, 1.165) is 36.7 Å². The summed E-state index contributed by atoms with van der Waals surface area (Å²) in [6, 6.07) is 7.55. The second-order valence-corrected chi connectivity index (χ2v) is 6.91. The van der Waals surface area contributed by atoms with Crippen molar-refractivity contribution in [1.82, 2.24) is 9.47 Å². The van der Waals surface area contributed by atoms with Crippen molar-refractivity contribution in [3.05, 3.63) is 36.2 Å². The van der Waals surface area contributed by atoms with Gasteiger partial charge in [0.2, 0.25) is 0 Å². The van der Waals surface area contributed by atoms with Crippen LogP contribution in [0.5, 0.6) is 0 Å². The minimum Gasteiger partial charge on any atom is -0.443 e. The predicted octanol–water partition coefficient (Wildman–Crippen LogP) is 3.66. The molecule has 0 N–H and O–H groups in total. The summed E-state index contributed by atoms with van der Waals surface area (Å²) in [6.07, 6.45) is 3.19. The standard InChI is InChI=1S/C18H22N2O3/c1-18(2,3)23-17(22)20-12-13-8-4-5-9-14(13)15(20)16(21)19-10-6-7-11-19/h4-5,8-9,12H,6-7,10-11H2,1-3H3. The van der Waals surface area contributed by atoms with E-state index >= 15 is 0 Å². The second-order valence-electron chi connectivity index (χ2n) is 6.91. The minimum atomic E-state index is -0.610. The van der Waals surface area contributed by atoms with E-state index in [9.17, 15) is 9.59 Å². The second kappa shape index (κ2) is 5.72. The fraction of sp³-hybridized carbons (Fsp3) is 0.444. The summed E-state index contributed by atoms with van der Waals surface area (Å²) in [7, 11) is 0. The van der Waals surface area contributed by atoms with Crippen molar-refractivity contribution >= 4 is 22.8 Å². The van der Waals surface area contributed by atoms with Crippen LogP contribution in [0.4, 0.5) is 4.79 Å². The Balaban J connectivity index is 2.07. The monoisotopic (exact) mass is 314 g/mol. The molecule has 1 aromatic heterocycles. The first-order chi connectivity index (χ1) is 10.9. The van der Waals surface area contributed by atoms with E-state index < -0.39 is 11.7 Å². The van der Waals surface area contributed by atoms with Crippen LogP contribution in [0.3, 0.4) is 0 Å². The summed E-state index contributed by atoms with van der Waals surface area (Å²) >= 11 is 0. The molecule has 2 aromatic rings. The number of hydrogen-bond donors (Lipinski definition) is 0. The van der Waals surface area contributed by atoms with Gasteiger partial charge in [-0.1, -0.05) is 24.3 Å². The van der Waals surface area contributed by atoms with Crippen molar-refractivity contribution in [3.8, 4) is 0 Å². The van der Waals surface area contributed by atoms with Crippen LogP contribution >= 0.6 is 0 Å². The first-order valence-electron chi connectivity index (χ1n) is 7.99. The molecule has 1 aromatic carbocycles. The van der Waals surface area contributed by atoms with Crippen molar-refractivity contribution < 1.29 is 14.3 Å². The van der Waals surface area contributed by atoms with Crippen LogP contribution in [0, 0.1) is 0 Å². The zero-order valence-electron chi connectivity index (χ0n) is 13.8. The van der Waals surface area contributed by atoms with Gasteiger partial charge in [-0.25, -0.2) is 9.36 Å². The molecule has 0 unspecified atom stereocenters. The summed E-state index contributed by atoms with van der Waals surface area (Å²) in [4.78, 5) is 27.3. The van der Waals surface area contributed by atoms with Gasteiger partial charge in [0, 0.05) is 30.1 Å². The molecule has 1 fully saturated rings. The zero-order chi connectivity index (χ0) is 16.6. The van der Waals surface area contributed by atoms with Crippen molar-refractivity contribution in [3.63, 3.8) is 0 Å². The Labute approximate surface area is 135 Å². The minimum absolute atomic E-state index is 0.102. The van der Waals surface area contributed by atoms with Crippen molar-refractivity contribution in [1.29, 1.82) is 0 Å². The van der Waals surface area contributed by atoms with E-state index in [2.05, 4.69) is 0 Å². The zero-order valence-corrected chi connectivity index (χ0v) is 13.8. The van der Waals surface area contributed by atoms with Gasteiger partial charge in [-0.3, -0.25) is 4.79 Å². The van der Waals surface area contributed by atoms with E-state index in [1.165, 1.54) is 4.57 Å². The van der Waals surface area contributed by atoms with E-state index in [1.807, 2.05) is 49.9 Å². The quantitative estimate of drug-likeness (QED) is 0.807. The highest BCUT2D eigenvalue weighted by Gasteiger charge is 2.28. The molecule has 1 amide bonds. The molecule has 1 aliphatic rings. The third-order valence-corrected chi connectivity index (χ3v) is 3.91. The van der Waals surface area contributed by atoms with Crippen LogP contribution in [-0.4, -0.2) is 40.2 Å². The molecule has 0 atom stereocenters. The number of fused-ring (bicyclic) bond motifs is 1. The Morgan fingerprint density at radius 3 is 2.39 bits per heavy atom. The van der Waals surface area contributed by atoms with Gasteiger partial charge in [0.25, 0.3) is 5.91 Å². The van der Waals surface area contributed by atoms with Gasteiger partial charge in [0.05, 0.1) is 0 Å². The molecule has 3 rings (SSSR count). The Morgan fingerprint density at radius 2 is 1.74 bits per heavy atom. The summed E-state index contributed by atoms with van der Waals surface area (Å²) in [5.74, 6) is -0.102. The van der Waals surface area contributed by atoms with Crippen LogP contribution in [0.2, 0.25) is 0 Å². The maximum Gasteiger partial charge on any atom is 0.419 e. The molecule has 5 nitrogen and oxygen atoms in total. The van der Waals surface area contributed by atoms with Gasteiger partial charge in [-0.05, 0) is 33.6 Å². The number of carbonyl (C=O) groups excluding carboxylic acids is 2. The maximum absolute atomic E-state index is 12.9. The van der Waals surface area contributed by atoms with Crippen LogP contribution in [0.15, 0.2) is 30.5 Å². The third kappa shape index (κ3) is 3.09. The van der Waals surface area contributed by atoms with Gasteiger partial charge in [0.15, 0.2) is 0 Å². The molecule has 1 aliphatic heterocycles. The molecule has 0 saturated carbocycles. The average molecular weight is 314 g/mol. The lowest BCUT2D eigenvalue weighted by atomic mass is 10.2. The van der Waals surface area contributed by atoms with E-state index in [4.69, 9.17) is 4.74 Å². The normalized spacial score (nSPS) is 15.2. The van der Waals surface area contributed by atoms with Crippen molar-refractivity contribution in [2.24, 2.45) is 0 Å². The van der Waals surface area contributed by atoms with Gasteiger partial charge < -0.3 is 9.64 Å². The Bertz CT molecular complexity index is 749. The lowest BCUT2D eigenvalue weighted by molar-refractivity contribution is 0.0519. The van der Waals surface area contributed by atoms with Crippen LogP contribution in [-0.2, 0) is 4.74 Å². The lowest BCUT2D eigenvalue weighted by Gasteiger charge is -2.21. The topological polar surface area (TPSA) is 51.5 Å². The molecule has 1 saturated heterocycles. The molecule has 0 bridgehead atoms. The molecule has 0 radical (unpaired) electrons. The van der Waals surface area contributed by atoms with Crippen LogP contribution < -0.4 is 0 Å². The van der Waals surface area contributed by atoms with Crippen molar-refractivity contribution in [2.45, 2.75) is 39.2 Å². The highest BCUT2D eigenvalue weighted by molar-refractivity contribution is 6.09.